The number of rotatable bonds is 20. The summed E-state index contributed by atoms with van der Waals surface area (Å²) in [6.45, 7) is 2.13. The topological polar surface area (TPSA) is 83.5 Å². The van der Waals surface area contributed by atoms with Gasteiger partial charge in [-0.15, -0.1) is 11.8 Å². The van der Waals surface area contributed by atoms with Crippen molar-refractivity contribution in [1.29, 1.82) is 0 Å². The first-order chi connectivity index (χ1) is 15.5. The van der Waals surface area contributed by atoms with Gasteiger partial charge in [0.05, 0.1) is 5.69 Å². The Morgan fingerprint density at radius 3 is 2.22 bits per heavy atom. The molecule has 1 amide bonds. The number of hydrogen-bond donors (Lipinski definition) is 2. The monoisotopic (exact) mass is 483 g/mol. The number of thioether (sulfide) groups is 1. The van der Waals surface area contributed by atoms with Crippen LogP contribution >= 0.6 is 11.8 Å². The average molecular weight is 484 g/mol. The van der Waals surface area contributed by atoms with Crippen molar-refractivity contribution in [2.24, 2.45) is 0 Å². The zero-order valence-corrected chi connectivity index (χ0v) is 21.2. The first kappa shape index (κ1) is 28.7. The van der Waals surface area contributed by atoms with E-state index in [-0.39, 0.29) is 12.3 Å². The summed E-state index contributed by atoms with van der Waals surface area (Å²) in [6, 6.07) is 7.80. The number of carboxylic acids is 1. The molecule has 0 fully saturated rings. The Hall–Kier alpha value is -1.34. The summed E-state index contributed by atoms with van der Waals surface area (Å²) in [4.78, 5) is 23.9. The Morgan fingerprint density at radius 1 is 0.875 bits per heavy atom. The van der Waals surface area contributed by atoms with E-state index in [1.165, 1.54) is 12.8 Å². The number of hydrogen-bond acceptors (Lipinski definition) is 4. The summed E-state index contributed by atoms with van der Waals surface area (Å²) in [5.41, 5.74) is 0.844. The summed E-state index contributed by atoms with van der Waals surface area (Å²) in [6.07, 6.45) is 12.2. The largest absolute Gasteiger partial charge is 0.481 e. The number of nitrogens with one attached hydrogen (secondary N) is 1. The maximum Gasteiger partial charge on any atom is 0.303 e. The number of carbonyl (C=O) groups is 2. The highest BCUT2D eigenvalue weighted by molar-refractivity contribution is 7.99. The number of carbonyl (C=O) groups excluding carboxylic acids is 1. The smallest absolute Gasteiger partial charge is 0.303 e. The zero-order chi connectivity index (χ0) is 23.4. The highest BCUT2D eigenvalue weighted by atomic mass is 32.2. The van der Waals surface area contributed by atoms with Gasteiger partial charge >= 0.3 is 5.97 Å². The van der Waals surface area contributed by atoms with Crippen molar-refractivity contribution in [2.45, 2.75) is 95.3 Å². The van der Waals surface area contributed by atoms with Crippen molar-refractivity contribution < 1.29 is 18.9 Å². The molecule has 0 spiro atoms. The predicted octanol–water partition coefficient (Wildman–Crippen LogP) is 6.64. The third kappa shape index (κ3) is 15.5. The predicted molar refractivity (Wildman–Crippen MR) is 137 cm³/mol. The highest BCUT2D eigenvalue weighted by Gasteiger charge is 2.07. The second kappa shape index (κ2) is 19.2. The highest BCUT2D eigenvalue weighted by Crippen LogP contribution is 2.28. The standard InChI is InChI=1S/C25H41NO4S2/c1-2-3-20-32(30)21-14-8-6-4-5-7-9-17-24(27)26-22-15-10-11-16-23(22)31-19-13-12-18-25(28)29/h10-11,15-16H,2-9,12-14,17-21H2,1H3,(H,26,27)(H,28,29). The lowest BCUT2D eigenvalue weighted by atomic mass is 10.1. The molecule has 1 atom stereocenters. The van der Waals surface area contributed by atoms with Crippen LogP contribution in [0.2, 0.25) is 0 Å². The molecule has 0 saturated heterocycles. The first-order valence-corrected chi connectivity index (χ1v) is 14.6. The molecular weight excluding hydrogens is 442 g/mol. The van der Waals surface area contributed by atoms with Gasteiger partial charge in [-0.3, -0.25) is 13.8 Å². The molecule has 5 nitrogen and oxygen atoms in total. The minimum Gasteiger partial charge on any atom is -0.481 e. The lowest BCUT2D eigenvalue weighted by Crippen LogP contribution is -2.11. The zero-order valence-electron chi connectivity index (χ0n) is 19.6. The number of para-hydroxylation sites is 1. The van der Waals surface area contributed by atoms with Crippen molar-refractivity contribution in [3.8, 4) is 0 Å². The second-order valence-corrected chi connectivity index (χ2v) is 11.0. The minimum absolute atomic E-state index is 0.0542. The molecule has 0 aliphatic heterocycles. The average Bonchev–Trinajstić information content (AvgIpc) is 2.77. The van der Waals surface area contributed by atoms with Gasteiger partial charge in [0.2, 0.25) is 5.91 Å². The molecule has 0 aromatic heterocycles. The third-order valence-corrected chi connectivity index (χ3v) is 7.85. The number of amides is 1. The van der Waals surface area contributed by atoms with E-state index in [9.17, 15) is 13.8 Å². The van der Waals surface area contributed by atoms with E-state index in [2.05, 4.69) is 12.2 Å². The summed E-state index contributed by atoms with van der Waals surface area (Å²) in [5.74, 6) is 1.85. The van der Waals surface area contributed by atoms with Crippen LogP contribution in [0.15, 0.2) is 29.2 Å². The van der Waals surface area contributed by atoms with E-state index < -0.39 is 16.8 Å². The Bertz CT molecular complexity index is 682. The van der Waals surface area contributed by atoms with Gasteiger partial charge in [-0.2, -0.15) is 0 Å². The van der Waals surface area contributed by atoms with Crippen molar-refractivity contribution in [3.63, 3.8) is 0 Å². The summed E-state index contributed by atoms with van der Waals surface area (Å²) in [5, 5.41) is 11.7. The molecule has 1 aromatic carbocycles. The number of carboxylic acid groups (broad SMARTS) is 1. The number of benzene rings is 1. The molecule has 0 saturated carbocycles. The molecular formula is C25H41NO4S2. The molecule has 1 unspecified atom stereocenters. The fraction of sp³-hybridized carbons (Fsp3) is 0.680. The summed E-state index contributed by atoms with van der Waals surface area (Å²) in [7, 11) is -0.627. The molecule has 32 heavy (non-hydrogen) atoms. The van der Waals surface area contributed by atoms with Crippen LogP contribution < -0.4 is 5.32 Å². The van der Waals surface area contributed by atoms with Crippen molar-refractivity contribution in [2.75, 3.05) is 22.6 Å². The summed E-state index contributed by atoms with van der Waals surface area (Å²) < 4.78 is 11.7. The SMILES string of the molecule is CCCCS(=O)CCCCCCCCCC(=O)Nc1ccccc1SCCCCC(=O)O. The fourth-order valence-corrected chi connectivity index (χ4v) is 5.67. The van der Waals surface area contributed by atoms with E-state index in [1.807, 2.05) is 24.3 Å². The lowest BCUT2D eigenvalue weighted by Gasteiger charge is -2.11. The van der Waals surface area contributed by atoms with Crippen molar-refractivity contribution in [1.82, 2.24) is 0 Å². The molecule has 182 valence electrons. The fourth-order valence-electron chi connectivity index (χ4n) is 3.31. The molecule has 2 N–H and O–H groups in total. The molecule has 0 bridgehead atoms. The summed E-state index contributed by atoms with van der Waals surface area (Å²) >= 11 is 1.66. The Labute approximate surface area is 201 Å². The molecule has 7 heteroatoms. The van der Waals surface area contributed by atoms with Crippen LogP contribution in [0.5, 0.6) is 0 Å². The second-order valence-electron chi connectivity index (χ2n) is 8.17. The number of anilines is 1. The van der Waals surface area contributed by atoms with Crippen LogP contribution in [0.3, 0.4) is 0 Å². The van der Waals surface area contributed by atoms with Gasteiger partial charge in [-0.05, 0) is 50.0 Å². The Balaban J connectivity index is 2.11. The van der Waals surface area contributed by atoms with Gasteiger partial charge in [0, 0.05) is 40.0 Å². The molecule has 0 aliphatic carbocycles. The van der Waals surface area contributed by atoms with Gasteiger partial charge < -0.3 is 10.4 Å². The minimum atomic E-state index is -0.752. The van der Waals surface area contributed by atoms with Crippen LogP contribution in [0.4, 0.5) is 5.69 Å². The van der Waals surface area contributed by atoms with E-state index in [0.29, 0.717) is 12.8 Å². The van der Waals surface area contributed by atoms with E-state index in [4.69, 9.17) is 5.11 Å². The van der Waals surface area contributed by atoms with Gasteiger partial charge in [0.15, 0.2) is 0 Å². The third-order valence-electron chi connectivity index (χ3n) is 5.21. The van der Waals surface area contributed by atoms with Crippen LogP contribution in [-0.2, 0) is 20.4 Å². The van der Waals surface area contributed by atoms with E-state index >= 15 is 0 Å². The van der Waals surface area contributed by atoms with Gasteiger partial charge in [0.25, 0.3) is 0 Å². The van der Waals surface area contributed by atoms with Crippen LogP contribution in [0.25, 0.3) is 0 Å². The molecule has 1 aromatic rings. The molecule has 0 radical (unpaired) electrons. The van der Waals surface area contributed by atoms with Crippen molar-refractivity contribution >= 4 is 40.1 Å². The normalized spacial score (nSPS) is 11.9. The molecule has 0 aliphatic rings. The van der Waals surface area contributed by atoms with Crippen LogP contribution in [0, 0.1) is 0 Å². The van der Waals surface area contributed by atoms with Gasteiger partial charge in [-0.25, -0.2) is 0 Å². The molecule has 1 rings (SSSR count). The Morgan fingerprint density at radius 2 is 1.50 bits per heavy atom. The van der Waals surface area contributed by atoms with Crippen molar-refractivity contribution in [3.05, 3.63) is 24.3 Å². The van der Waals surface area contributed by atoms with E-state index in [1.54, 1.807) is 11.8 Å². The molecule has 0 heterocycles. The van der Waals surface area contributed by atoms with E-state index in [0.717, 1.165) is 79.2 Å². The maximum absolute atomic E-state index is 12.3. The van der Waals surface area contributed by atoms with Gasteiger partial charge in [-0.1, -0.05) is 57.6 Å². The first-order valence-electron chi connectivity index (χ1n) is 12.1. The quantitative estimate of drug-likeness (QED) is 0.160. The number of unbranched alkanes of at least 4 members (excludes halogenated alkanes) is 8. The van der Waals surface area contributed by atoms with Crippen LogP contribution in [-0.4, -0.2) is 38.5 Å². The van der Waals surface area contributed by atoms with Crippen LogP contribution in [0.1, 0.15) is 90.4 Å². The Kier molecular flexibility index (Phi) is 17.2. The lowest BCUT2D eigenvalue weighted by molar-refractivity contribution is -0.137. The maximum atomic E-state index is 12.3. The number of aliphatic carboxylic acids is 1. The van der Waals surface area contributed by atoms with Gasteiger partial charge in [0.1, 0.15) is 0 Å².